The van der Waals surface area contributed by atoms with Crippen LogP contribution in [0.15, 0.2) is 29.2 Å². The van der Waals surface area contributed by atoms with Gasteiger partial charge < -0.3 is 10.6 Å². The van der Waals surface area contributed by atoms with Gasteiger partial charge in [0.15, 0.2) is 0 Å². The van der Waals surface area contributed by atoms with E-state index in [0.717, 1.165) is 30.3 Å². The lowest BCUT2D eigenvalue weighted by Gasteiger charge is -2.07. The summed E-state index contributed by atoms with van der Waals surface area (Å²) in [6, 6.07) is 3.95. The molecule has 2 heterocycles. The molecule has 2 rings (SSSR count). The Kier molecular flexibility index (Phi) is 3.71. The molecule has 0 aliphatic heterocycles. The number of thiazole rings is 1. The molecule has 16 heavy (non-hydrogen) atoms. The normalized spacial score (nSPS) is 10.1. The molecule has 0 aliphatic rings. The van der Waals surface area contributed by atoms with Crippen molar-refractivity contribution in [3.63, 3.8) is 0 Å². The van der Waals surface area contributed by atoms with Crippen molar-refractivity contribution in [2.75, 3.05) is 17.2 Å². The van der Waals surface area contributed by atoms with Crippen molar-refractivity contribution in [3.05, 3.63) is 34.9 Å². The predicted octanol–water partition coefficient (Wildman–Crippen LogP) is 2.58. The van der Waals surface area contributed by atoms with Crippen molar-refractivity contribution in [2.24, 2.45) is 0 Å². The Hall–Kier alpha value is -1.62. The molecule has 2 N–H and O–H groups in total. The summed E-state index contributed by atoms with van der Waals surface area (Å²) in [5.74, 6) is 0.894. The summed E-state index contributed by atoms with van der Waals surface area (Å²) < 4.78 is 0. The summed E-state index contributed by atoms with van der Waals surface area (Å²) in [6.45, 7) is 3.68. The topological polar surface area (TPSA) is 49.8 Å². The number of rotatable bonds is 5. The fourth-order valence-electron chi connectivity index (χ4n) is 1.34. The SMILES string of the molecule is CCNc1cc(NCc2cscn2)ccn1. The second-order valence-electron chi connectivity index (χ2n) is 3.29. The molecule has 0 atom stereocenters. The van der Waals surface area contributed by atoms with Crippen LogP contribution in [0.25, 0.3) is 0 Å². The monoisotopic (exact) mass is 234 g/mol. The molecule has 0 saturated heterocycles. The zero-order chi connectivity index (χ0) is 11.2. The number of pyridine rings is 1. The fourth-order valence-corrected chi connectivity index (χ4v) is 1.89. The van der Waals surface area contributed by atoms with Crippen molar-refractivity contribution in [3.8, 4) is 0 Å². The second kappa shape index (κ2) is 5.46. The van der Waals surface area contributed by atoms with Crippen LogP contribution in [-0.2, 0) is 6.54 Å². The lowest BCUT2D eigenvalue weighted by molar-refractivity contribution is 1.07. The fraction of sp³-hybridized carbons (Fsp3) is 0.273. The summed E-state index contributed by atoms with van der Waals surface area (Å²) >= 11 is 1.61. The van der Waals surface area contributed by atoms with Crippen molar-refractivity contribution in [2.45, 2.75) is 13.5 Å². The minimum absolute atomic E-state index is 0.749. The molecular formula is C11H14N4S. The Morgan fingerprint density at radius 3 is 3.00 bits per heavy atom. The molecule has 2 aromatic heterocycles. The highest BCUT2D eigenvalue weighted by atomic mass is 32.1. The van der Waals surface area contributed by atoms with E-state index in [1.54, 1.807) is 17.5 Å². The van der Waals surface area contributed by atoms with Gasteiger partial charge in [-0.25, -0.2) is 9.97 Å². The largest absolute Gasteiger partial charge is 0.379 e. The number of hydrogen-bond donors (Lipinski definition) is 2. The van der Waals surface area contributed by atoms with Gasteiger partial charge in [0.25, 0.3) is 0 Å². The summed E-state index contributed by atoms with van der Waals surface area (Å²) in [5.41, 5.74) is 3.96. The average molecular weight is 234 g/mol. The van der Waals surface area contributed by atoms with Crippen LogP contribution in [0.3, 0.4) is 0 Å². The second-order valence-corrected chi connectivity index (χ2v) is 4.01. The van der Waals surface area contributed by atoms with Gasteiger partial charge in [0.2, 0.25) is 0 Å². The first-order chi connectivity index (χ1) is 7.88. The quantitative estimate of drug-likeness (QED) is 0.835. The van der Waals surface area contributed by atoms with Gasteiger partial charge in [-0.15, -0.1) is 11.3 Å². The van der Waals surface area contributed by atoms with E-state index < -0.39 is 0 Å². The molecule has 0 aromatic carbocycles. The molecule has 0 bridgehead atoms. The van der Waals surface area contributed by atoms with E-state index in [1.807, 2.05) is 23.0 Å². The highest BCUT2D eigenvalue weighted by Crippen LogP contribution is 2.13. The molecule has 0 radical (unpaired) electrons. The van der Waals surface area contributed by atoms with E-state index in [9.17, 15) is 0 Å². The number of anilines is 2. The zero-order valence-corrected chi connectivity index (χ0v) is 9.92. The van der Waals surface area contributed by atoms with Crippen LogP contribution in [0.2, 0.25) is 0 Å². The van der Waals surface area contributed by atoms with Crippen LogP contribution < -0.4 is 10.6 Å². The summed E-state index contributed by atoms with van der Waals surface area (Å²) in [7, 11) is 0. The van der Waals surface area contributed by atoms with Crippen LogP contribution in [0.5, 0.6) is 0 Å². The van der Waals surface area contributed by atoms with Crippen LogP contribution in [0.1, 0.15) is 12.6 Å². The van der Waals surface area contributed by atoms with E-state index in [4.69, 9.17) is 0 Å². The van der Waals surface area contributed by atoms with Crippen LogP contribution >= 0.6 is 11.3 Å². The lowest BCUT2D eigenvalue weighted by Crippen LogP contribution is -2.02. The highest BCUT2D eigenvalue weighted by molar-refractivity contribution is 7.07. The molecule has 2 aromatic rings. The van der Waals surface area contributed by atoms with Crippen LogP contribution in [0.4, 0.5) is 11.5 Å². The molecular weight excluding hydrogens is 220 g/mol. The molecule has 84 valence electrons. The Labute approximate surface area is 98.8 Å². The first-order valence-corrected chi connectivity index (χ1v) is 6.13. The number of aromatic nitrogens is 2. The average Bonchev–Trinajstić information content (AvgIpc) is 2.80. The minimum atomic E-state index is 0.749. The van der Waals surface area contributed by atoms with E-state index in [0.29, 0.717) is 0 Å². The van der Waals surface area contributed by atoms with Gasteiger partial charge >= 0.3 is 0 Å². The third-order valence-electron chi connectivity index (χ3n) is 2.07. The van der Waals surface area contributed by atoms with Crippen LogP contribution in [0, 0.1) is 0 Å². The highest BCUT2D eigenvalue weighted by Gasteiger charge is 1.97. The summed E-state index contributed by atoms with van der Waals surface area (Å²) in [5, 5.41) is 8.53. The van der Waals surface area contributed by atoms with Crippen LogP contribution in [-0.4, -0.2) is 16.5 Å². The van der Waals surface area contributed by atoms with Crippen molar-refractivity contribution < 1.29 is 0 Å². The van der Waals surface area contributed by atoms with E-state index in [-0.39, 0.29) is 0 Å². The summed E-state index contributed by atoms with van der Waals surface area (Å²) in [6.07, 6.45) is 1.79. The molecule has 0 amide bonds. The third-order valence-corrected chi connectivity index (χ3v) is 2.71. The molecule has 0 saturated carbocycles. The third kappa shape index (κ3) is 2.93. The number of hydrogen-bond acceptors (Lipinski definition) is 5. The smallest absolute Gasteiger partial charge is 0.127 e. The van der Waals surface area contributed by atoms with E-state index in [1.165, 1.54) is 0 Å². The van der Waals surface area contributed by atoms with Crippen molar-refractivity contribution >= 4 is 22.8 Å². The maximum absolute atomic E-state index is 4.21. The van der Waals surface area contributed by atoms with Gasteiger partial charge in [-0.3, -0.25) is 0 Å². The van der Waals surface area contributed by atoms with Gasteiger partial charge in [0, 0.05) is 29.9 Å². The maximum atomic E-state index is 4.21. The van der Waals surface area contributed by atoms with Crippen molar-refractivity contribution in [1.29, 1.82) is 0 Å². The first-order valence-electron chi connectivity index (χ1n) is 5.19. The Bertz CT molecular complexity index is 427. The first kappa shape index (κ1) is 10.9. The van der Waals surface area contributed by atoms with Gasteiger partial charge in [0.05, 0.1) is 17.7 Å². The van der Waals surface area contributed by atoms with Gasteiger partial charge in [-0.2, -0.15) is 0 Å². The molecule has 0 aliphatic carbocycles. The maximum Gasteiger partial charge on any atom is 0.127 e. The predicted molar refractivity (Wildman–Crippen MR) is 67.8 cm³/mol. The molecule has 0 fully saturated rings. The number of nitrogens with one attached hydrogen (secondary N) is 2. The Morgan fingerprint density at radius 2 is 2.25 bits per heavy atom. The Balaban J connectivity index is 1.96. The molecule has 5 heteroatoms. The van der Waals surface area contributed by atoms with Gasteiger partial charge in [-0.05, 0) is 13.0 Å². The molecule has 0 spiro atoms. The standard InChI is InChI=1S/C11H14N4S/c1-2-12-11-5-9(3-4-13-11)14-6-10-7-16-8-15-10/h3-5,7-8H,2,6H2,1H3,(H2,12,13,14). The van der Waals surface area contributed by atoms with E-state index in [2.05, 4.69) is 27.5 Å². The van der Waals surface area contributed by atoms with E-state index >= 15 is 0 Å². The number of nitrogens with zero attached hydrogens (tertiary/aromatic N) is 2. The van der Waals surface area contributed by atoms with Crippen molar-refractivity contribution in [1.82, 2.24) is 9.97 Å². The lowest BCUT2D eigenvalue weighted by atomic mass is 10.3. The molecule has 0 unspecified atom stereocenters. The zero-order valence-electron chi connectivity index (χ0n) is 9.10. The Morgan fingerprint density at radius 1 is 1.31 bits per heavy atom. The minimum Gasteiger partial charge on any atom is -0.379 e. The molecule has 4 nitrogen and oxygen atoms in total. The van der Waals surface area contributed by atoms with Gasteiger partial charge in [0.1, 0.15) is 5.82 Å². The van der Waals surface area contributed by atoms with Gasteiger partial charge in [-0.1, -0.05) is 0 Å². The summed E-state index contributed by atoms with van der Waals surface area (Å²) in [4.78, 5) is 8.42.